The molecule has 0 bridgehead atoms. The second kappa shape index (κ2) is 6.61. The molecule has 1 aromatic rings. The number of carbonyl (C=O) groups excluding carboxylic acids is 1. The number of carbonyl (C=O) groups is 1. The summed E-state index contributed by atoms with van der Waals surface area (Å²) in [5, 5.41) is 8.98. The number of benzene rings is 1. The molecular weight excluding hydrogens is 224 g/mol. The maximum atomic E-state index is 11.7. The fourth-order valence-corrected chi connectivity index (χ4v) is 1.57. The molecule has 18 heavy (non-hydrogen) atoms. The van der Waals surface area contributed by atoms with Crippen molar-refractivity contribution in [2.24, 2.45) is 0 Å². The van der Waals surface area contributed by atoms with Crippen molar-refractivity contribution in [2.45, 2.75) is 19.8 Å². The van der Waals surface area contributed by atoms with E-state index in [0.29, 0.717) is 6.42 Å². The number of nitrogens with zero attached hydrogens (tertiary/aromatic N) is 2. The lowest BCUT2D eigenvalue weighted by atomic mass is 10.0. The van der Waals surface area contributed by atoms with E-state index in [2.05, 4.69) is 0 Å². The molecule has 0 saturated heterocycles. The number of hydrogen-bond acceptors (Lipinski definition) is 3. The number of hydrogen-bond donors (Lipinski definition) is 0. The van der Waals surface area contributed by atoms with E-state index in [0.717, 1.165) is 17.7 Å². The van der Waals surface area contributed by atoms with Crippen molar-refractivity contribution in [3.8, 4) is 6.07 Å². The maximum Gasteiger partial charge on any atom is 0.173 e. The molecule has 0 aliphatic carbocycles. The molecule has 3 nitrogen and oxygen atoms in total. The van der Waals surface area contributed by atoms with Gasteiger partial charge in [-0.25, -0.2) is 0 Å². The number of rotatable bonds is 5. The Bertz CT molecular complexity index is 478. The zero-order chi connectivity index (χ0) is 13.5. The number of allylic oxidation sites excluding steroid dienone is 1. The molecule has 0 saturated carbocycles. The average molecular weight is 242 g/mol. The van der Waals surface area contributed by atoms with Crippen molar-refractivity contribution in [3.05, 3.63) is 35.4 Å². The predicted octanol–water partition coefficient (Wildman–Crippen LogP) is 3.03. The standard InChI is InChI=1S/C15H18N2O/c1-4-5-15(18)13(11-16)10-12-6-8-14(9-7-12)17(2)3/h6-10H,4-5H2,1-3H3/b13-10+. The van der Waals surface area contributed by atoms with Gasteiger partial charge in [0.05, 0.1) is 5.57 Å². The van der Waals surface area contributed by atoms with E-state index in [1.807, 2.05) is 56.3 Å². The predicted molar refractivity (Wildman–Crippen MR) is 74.3 cm³/mol. The first kappa shape index (κ1) is 14.0. The Morgan fingerprint density at radius 2 is 1.94 bits per heavy atom. The van der Waals surface area contributed by atoms with Crippen molar-refractivity contribution in [1.29, 1.82) is 5.26 Å². The number of nitriles is 1. The summed E-state index contributed by atoms with van der Waals surface area (Å²) in [7, 11) is 3.94. The van der Waals surface area contributed by atoms with Crippen molar-refractivity contribution in [3.63, 3.8) is 0 Å². The first-order valence-corrected chi connectivity index (χ1v) is 6.01. The van der Waals surface area contributed by atoms with Gasteiger partial charge >= 0.3 is 0 Å². The largest absolute Gasteiger partial charge is 0.378 e. The molecule has 0 aliphatic heterocycles. The summed E-state index contributed by atoms with van der Waals surface area (Å²) in [4.78, 5) is 13.7. The van der Waals surface area contributed by atoms with E-state index >= 15 is 0 Å². The van der Waals surface area contributed by atoms with Crippen LogP contribution in [0.4, 0.5) is 5.69 Å². The van der Waals surface area contributed by atoms with Gasteiger partial charge < -0.3 is 4.90 Å². The van der Waals surface area contributed by atoms with Crippen molar-refractivity contribution in [1.82, 2.24) is 0 Å². The van der Waals surface area contributed by atoms with Crippen LogP contribution in [0.3, 0.4) is 0 Å². The Morgan fingerprint density at radius 3 is 2.39 bits per heavy atom. The summed E-state index contributed by atoms with van der Waals surface area (Å²) in [5.41, 5.74) is 2.20. The van der Waals surface area contributed by atoms with Crippen molar-refractivity contribution >= 4 is 17.5 Å². The Hall–Kier alpha value is -2.08. The van der Waals surface area contributed by atoms with E-state index in [1.165, 1.54) is 0 Å². The highest BCUT2D eigenvalue weighted by molar-refractivity contribution is 6.03. The SMILES string of the molecule is CCCC(=O)/C(C#N)=C/c1ccc(N(C)C)cc1. The molecular formula is C15H18N2O. The lowest BCUT2D eigenvalue weighted by molar-refractivity contribution is -0.115. The van der Waals surface area contributed by atoms with Crippen LogP contribution in [0, 0.1) is 11.3 Å². The first-order valence-electron chi connectivity index (χ1n) is 6.01. The van der Waals surface area contributed by atoms with Crippen LogP contribution in [0.25, 0.3) is 6.08 Å². The van der Waals surface area contributed by atoms with E-state index in [4.69, 9.17) is 5.26 Å². The highest BCUT2D eigenvalue weighted by Gasteiger charge is 2.07. The summed E-state index contributed by atoms with van der Waals surface area (Å²) >= 11 is 0. The molecule has 1 rings (SSSR count). The number of Topliss-reactive ketones (excluding diaryl/α,β-unsaturated/α-hetero) is 1. The topological polar surface area (TPSA) is 44.1 Å². The van der Waals surface area contributed by atoms with Crippen LogP contribution < -0.4 is 4.90 Å². The highest BCUT2D eigenvalue weighted by atomic mass is 16.1. The van der Waals surface area contributed by atoms with Crippen LogP contribution in [0.15, 0.2) is 29.8 Å². The van der Waals surface area contributed by atoms with Crippen LogP contribution in [0.5, 0.6) is 0 Å². The van der Waals surface area contributed by atoms with Crippen LogP contribution >= 0.6 is 0 Å². The lowest BCUT2D eigenvalue weighted by Crippen LogP contribution is -2.08. The molecule has 0 unspecified atom stereocenters. The molecule has 0 amide bonds. The Morgan fingerprint density at radius 1 is 1.33 bits per heavy atom. The first-order chi connectivity index (χ1) is 8.58. The van der Waals surface area contributed by atoms with Crippen LogP contribution in [-0.4, -0.2) is 19.9 Å². The Kier molecular flexibility index (Phi) is 5.13. The van der Waals surface area contributed by atoms with Gasteiger partial charge in [-0.05, 0) is 30.2 Å². The molecule has 0 spiro atoms. The number of ketones is 1. The third-order valence-corrected chi connectivity index (χ3v) is 2.62. The third-order valence-electron chi connectivity index (χ3n) is 2.62. The summed E-state index contributed by atoms with van der Waals surface area (Å²) < 4.78 is 0. The van der Waals surface area contributed by atoms with Gasteiger partial charge in [-0.15, -0.1) is 0 Å². The monoisotopic (exact) mass is 242 g/mol. The normalized spacial score (nSPS) is 10.9. The maximum absolute atomic E-state index is 11.7. The molecule has 1 aromatic carbocycles. The quantitative estimate of drug-likeness (QED) is 0.589. The minimum Gasteiger partial charge on any atom is -0.378 e. The zero-order valence-electron chi connectivity index (χ0n) is 11.1. The fourth-order valence-electron chi connectivity index (χ4n) is 1.57. The van der Waals surface area contributed by atoms with Crippen molar-refractivity contribution < 1.29 is 4.79 Å². The molecule has 0 aliphatic rings. The van der Waals surface area contributed by atoms with Gasteiger partial charge in [0, 0.05) is 26.2 Å². The van der Waals surface area contributed by atoms with Crippen molar-refractivity contribution in [2.75, 3.05) is 19.0 Å². The lowest BCUT2D eigenvalue weighted by Gasteiger charge is -2.11. The number of anilines is 1. The molecule has 0 fully saturated rings. The zero-order valence-corrected chi connectivity index (χ0v) is 11.1. The summed E-state index contributed by atoms with van der Waals surface area (Å²) in [6.07, 6.45) is 2.84. The van der Waals surface area contributed by atoms with Crippen LogP contribution in [-0.2, 0) is 4.79 Å². The molecule has 3 heteroatoms. The third kappa shape index (κ3) is 3.74. The van der Waals surface area contributed by atoms with E-state index < -0.39 is 0 Å². The Balaban J connectivity index is 2.93. The average Bonchev–Trinajstić information content (AvgIpc) is 2.36. The van der Waals surface area contributed by atoms with Gasteiger partial charge in [-0.1, -0.05) is 19.1 Å². The second-order valence-corrected chi connectivity index (χ2v) is 4.33. The summed E-state index contributed by atoms with van der Waals surface area (Å²) in [5.74, 6) is -0.0864. The van der Waals surface area contributed by atoms with E-state index in [1.54, 1.807) is 6.08 Å². The molecule has 0 N–H and O–H groups in total. The highest BCUT2D eigenvalue weighted by Crippen LogP contribution is 2.15. The van der Waals surface area contributed by atoms with Gasteiger partial charge in [0.2, 0.25) is 0 Å². The van der Waals surface area contributed by atoms with E-state index in [9.17, 15) is 4.79 Å². The van der Waals surface area contributed by atoms with Gasteiger partial charge in [0.15, 0.2) is 5.78 Å². The van der Waals surface area contributed by atoms with Gasteiger partial charge in [0.25, 0.3) is 0 Å². The van der Waals surface area contributed by atoms with Crippen LogP contribution in [0.1, 0.15) is 25.3 Å². The van der Waals surface area contributed by atoms with Gasteiger partial charge in [-0.3, -0.25) is 4.79 Å². The fraction of sp³-hybridized carbons (Fsp3) is 0.333. The smallest absolute Gasteiger partial charge is 0.173 e. The Labute approximate surface area is 108 Å². The van der Waals surface area contributed by atoms with Crippen LogP contribution in [0.2, 0.25) is 0 Å². The minimum atomic E-state index is -0.0864. The molecule has 0 heterocycles. The second-order valence-electron chi connectivity index (χ2n) is 4.33. The molecule has 0 radical (unpaired) electrons. The summed E-state index contributed by atoms with van der Waals surface area (Å²) in [6, 6.07) is 9.72. The van der Waals surface area contributed by atoms with E-state index in [-0.39, 0.29) is 11.4 Å². The minimum absolute atomic E-state index is 0.0864. The molecule has 0 aromatic heterocycles. The molecule has 94 valence electrons. The molecule has 0 atom stereocenters. The van der Waals surface area contributed by atoms with Gasteiger partial charge in [0.1, 0.15) is 6.07 Å². The summed E-state index contributed by atoms with van der Waals surface area (Å²) in [6.45, 7) is 1.93. The van der Waals surface area contributed by atoms with Gasteiger partial charge in [-0.2, -0.15) is 5.26 Å².